The highest BCUT2D eigenvalue weighted by Gasteiger charge is 2.41. The van der Waals surface area contributed by atoms with Crippen LogP contribution in [0, 0.1) is 5.92 Å². The summed E-state index contributed by atoms with van der Waals surface area (Å²) < 4.78 is 5.45. The molecular weight excluding hydrogens is 426 g/mol. The van der Waals surface area contributed by atoms with E-state index in [9.17, 15) is 9.59 Å². The van der Waals surface area contributed by atoms with Crippen LogP contribution in [0.5, 0.6) is 0 Å². The molecule has 2 aromatic carbocycles. The molecule has 0 bridgehead atoms. The van der Waals surface area contributed by atoms with Gasteiger partial charge in [-0.25, -0.2) is 0 Å². The van der Waals surface area contributed by atoms with Crippen LogP contribution in [0.15, 0.2) is 76.0 Å². The lowest BCUT2D eigenvalue weighted by Crippen LogP contribution is -2.36. The largest absolute Gasteiger partial charge is 0.464 e. The van der Waals surface area contributed by atoms with Gasteiger partial charge in [0.2, 0.25) is 5.91 Å². The van der Waals surface area contributed by atoms with Gasteiger partial charge in [0.15, 0.2) is 0 Å². The third-order valence-corrected chi connectivity index (χ3v) is 6.93. The Morgan fingerprint density at radius 2 is 1.79 bits per heavy atom. The second kappa shape index (κ2) is 7.69. The number of hydrogen-bond acceptors (Lipinski definition) is 4. The summed E-state index contributed by atoms with van der Waals surface area (Å²) >= 11 is 0. The molecule has 6 heteroatoms. The average Bonchev–Trinajstić information content (AvgIpc) is 3.31. The van der Waals surface area contributed by atoms with Crippen molar-refractivity contribution in [2.45, 2.75) is 38.6 Å². The summed E-state index contributed by atoms with van der Waals surface area (Å²) in [4.78, 5) is 34.0. The van der Waals surface area contributed by atoms with Crippen molar-refractivity contribution in [1.29, 1.82) is 0 Å². The van der Waals surface area contributed by atoms with Crippen LogP contribution in [0.3, 0.4) is 0 Å². The summed E-state index contributed by atoms with van der Waals surface area (Å²) in [6.07, 6.45) is 6.43. The highest BCUT2D eigenvalue weighted by molar-refractivity contribution is 6.16. The van der Waals surface area contributed by atoms with Gasteiger partial charge in [0.05, 0.1) is 6.26 Å². The summed E-state index contributed by atoms with van der Waals surface area (Å²) in [6, 6.07) is 16.3. The van der Waals surface area contributed by atoms with Gasteiger partial charge in [-0.05, 0) is 68.0 Å². The first-order valence-corrected chi connectivity index (χ1v) is 11.9. The standard InChI is InChI=1S/C28H27N3O3/c1-28(2)27(33)31(17-18-11-13-30(16-18)26(32)21-7-8-21)25(29-28)20-5-3-19(4-6-20)22-9-10-24-23(15-22)12-14-34-24/h3-6,9-10,12,14-15,17,21H,7-8,11,13,16H2,1-2H3/b18-17+. The minimum atomic E-state index is -0.820. The summed E-state index contributed by atoms with van der Waals surface area (Å²) in [5, 5.41) is 1.07. The van der Waals surface area contributed by atoms with Crippen molar-refractivity contribution in [1.82, 2.24) is 9.80 Å². The fourth-order valence-electron chi connectivity index (χ4n) is 4.79. The smallest absolute Gasteiger partial charge is 0.259 e. The fraction of sp³-hybridized carbons (Fsp3) is 0.321. The van der Waals surface area contributed by atoms with Crippen LogP contribution in [0.2, 0.25) is 0 Å². The number of likely N-dealkylation sites (tertiary alicyclic amines) is 1. The first-order valence-electron chi connectivity index (χ1n) is 11.9. The molecule has 6 nitrogen and oxygen atoms in total. The number of furan rings is 1. The average molecular weight is 454 g/mol. The van der Waals surface area contributed by atoms with Gasteiger partial charge < -0.3 is 9.32 Å². The van der Waals surface area contributed by atoms with E-state index in [1.165, 1.54) is 0 Å². The Balaban J connectivity index is 1.27. The van der Waals surface area contributed by atoms with Crippen LogP contribution in [0.4, 0.5) is 0 Å². The first kappa shape index (κ1) is 20.9. The maximum atomic E-state index is 13.2. The lowest BCUT2D eigenvalue weighted by Gasteiger charge is -2.18. The molecule has 2 aliphatic heterocycles. The molecule has 1 saturated carbocycles. The minimum absolute atomic E-state index is 0.0449. The Hall–Kier alpha value is -3.67. The minimum Gasteiger partial charge on any atom is -0.464 e. The van der Waals surface area contributed by atoms with E-state index in [2.05, 4.69) is 18.2 Å². The number of amidine groups is 1. The lowest BCUT2D eigenvalue weighted by atomic mass is 10.0. The van der Waals surface area contributed by atoms with Crippen molar-refractivity contribution in [3.63, 3.8) is 0 Å². The summed E-state index contributed by atoms with van der Waals surface area (Å²) in [6.45, 7) is 5.02. The van der Waals surface area contributed by atoms with E-state index in [1.807, 2.05) is 55.3 Å². The summed E-state index contributed by atoms with van der Waals surface area (Å²) in [7, 11) is 0. The molecule has 0 radical (unpaired) electrons. The third kappa shape index (κ3) is 3.63. The predicted molar refractivity (Wildman–Crippen MR) is 131 cm³/mol. The maximum absolute atomic E-state index is 13.2. The Labute approximate surface area is 198 Å². The van der Waals surface area contributed by atoms with E-state index in [0.717, 1.165) is 59.0 Å². The molecule has 0 spiro atoms. The number of fused-ring (bicyclic) bond motifs is 1. The zero-order valence-electron chi connectivity index (χ0n) is 19.5. The molecule has 3 aliphatic rings. The van der Waals surface area contributed by atoms with Crippen molar-refractivity contribution in [2.75, 3.05) is 13.1 Å². The highest BCUT2D eigenvalue weighted by atomic mass is 16.3. The quantitative estimate of drug-likeness (QED) is 0.559. The molecule has 1 saturated heterocycles. The third-order valence-electron chi connectivity index (χ3n) is 6.93. The zero-order valence-corrected chi connectivity index (χ0v) is 19.5. The molecular formula is C28H27N3O3. The normalized spacial score (nSPS) is 21.1. The molecule has 6 rings (SSSR count). The molecule has 2 fully saturated rings. The maximum Gasteiger partial charge on any atom is 0.259 e. The topological polar surface area (TPSA) is 66.1 Å². The molecule has 2 amide bonds. The predicted octanol–water partition coefficient (Wildman–Crippen LogP) is 4.99. The molecule has 3 aromatic rings. The van der Waals surface area contributed by atoms with Crippen molar-refractivity contribution in [2.24, 2.45) is 10.9 Å². The van der Waals surface area contributed by atoms with E-state index in [-0.39, 0.29) is 17.7 Å². The van der Waals surface area contributed by atoms with Gasteiger partial charge in [-0.15, -0.1) is 0 Å². The summed E-state index contributed by atoms with van der Waals surface area (Å²) in [5.74, 6) is 1.09. The van der Waals surface area contributed by atoms with Crippen LogP contribution in [0.25, 0.3) is 22.1 Å². The fourth-order valence-corrected chi connectivity index (χ4v) is 4.79. The second-order valence-corrected chi connectivity index (χ2v) is 9.99. The van der Waals surface area contributed by atoms with Gasteiger partial charge in [-0.1, -0.05) is 30.3 Å². The number of benzene rings is 2. The number of aliphatic imine (C=N–C) groups is 1. The monoisotopic (exact) mass is 453 g/mol. The number of hydrogen-bond donors (Lipinski definition) is 0. The Morgan fingerprint density at radius 1 is 1.06 bits per heavy atom. The van der Waals surface area contributed by atoms with Crippen molar-refractivity contribution in [3.05, 3.63) is 72.1 Å². The lowest BCUT2D eigenvalue weighted by molar-refractivity contribution is -0.131. The second-order valence-electron chi connectivity index (χ2n) is 9.99. The van der Waals surface area contributed by atoms with Crippen molar-refractivity contribution < 1.29 is 14.0 Å². The Bertz CT molecular complexity index is 1360. The van der Waals surface area contributed by atoms with Gasteiger partial charge in [0.1, 0.15) is 17.0 Å². The van der Waals surface area contributed by atoms with E-state index in [4.69, 9.17) is 9.41 Å². The van der Waals surface area contributed by atoms with Crippen LogP contribution < -0.4 is 0 Å². The van der Waals surface area contributed by atoms with Gasteiger partial charge in [0, 0.05) is 36.2 Å². The van der Waals surface area contributed by atoms with Gasteiger partial charge in [-0.2, -0.15) is 0 Å². The number of amides is 2. The van der Waals surface area contributed by atoms with Crippen molar-refractivity contribution >= 4 is 28.6 Å². The number of carbonyl (C=O) groups excluding carboxylic acids is 2. The van der Waals surface area contributed by atoms with E-state index in [0.29, 0.717) is 12.4 Å². The molecule has 34 heavy (non-hydrogen) atoms. The zero-order chi connectivity index (χ0) is 23.4. The molecule has 0 atom stereocenters. The number of nitrogens with zero attached hydrogens (tertiary/aromatic N) is 3. The van der Waals surface area contributed by atoms with E-state index in [1.54, 1.807) is 11.2 Å². The summed E-state index contributed by atoms with van der Waals surface area (Å²) in [5.41, 5.74) is 4.24. The number of carbonyl (C=O) groups is 2. The first-order chi connectivity index (χ1) is 16.4. The Kier molecular flexibility index (Phi) is 4.73. The highest BCUT2D eigenvalue weighted by Crippen LogP contribution is 2.34. The van der Waals surface area contributed by atoms with Gasteiger partial charge in [0.25, 0.3) is 5.91 Å². The van der Waals surface area contributed by atoms with E-state index < -0.39 is 5.54 Å². The van der Waals surface area contributed by atoms with Crippen LogP contribution in [0.1, 0.15) is 38.7 Å². The van der Waals surface area contributed by atoms with Gasteiger partial charge in [-0.3, -0.25) is 19.5 Å². The molecule has 172 valence electrons. The molecule has 1 aliphatic carbocycles. The van der Waals surface area contributed by atoms with Crippen LogP contribution >= 0.6 is 0 Å². The Morgan fingerprint density at radius 3 is 2.56 bits per heavy atom. The van der Waals surface area contributed by atoms with Crippen molar-refractivity contribution in [3.8, 4) is 11.1 Å². The van der Waals surface area contributed by atoms with Crippen LogP contribution in [-0.4, -0.2) is 46.1 Å². The molecule has 1 aromatic heterocycles. The SMILES string of the molecule is CC1(C)N=C(c2ccc(-c3ccc4occc4c3)cc2)N(/C=C2\CCN(C(=O)C3CC3)C2)C1=O. The number of rotatable bonds is 4. The van der Waals surface area contributed by atoms with Gasteiger partial charge >= 0.3 is 0 Å². The molecule has 3 heterocycles. The van der Waals surface area contributed by atoms with Crippen LogP contribution in [-0.2, 0) is 9.59 Å². The van der Waals surface area contributed by atoms with E-state index >= 15 is 0 Å². The molecule has 0 unspecified atom stereocenters. The molecule has 0 N–H and O–H groups in total.